The fourth-order valence-electron chi connectivity index (χ4n) is 3.29. The summed E-state index contributed by atoms with van der Waals surface area (Å²) in [6.07, 6.45) is 0.391. The molecule has 106 valence electrons. The van der Waals surface area contributed by atoms with Crippen molar-refractivity contribution in [3.8, 4) is 0 Å². The maximum atomic E-state index is 3.44. The van der Waals surface area contributed by atoms with Gasteiger partial charge in [-0.05, 0) is 51.6 Å². The highest BCUT2D eigenvalue weighted by molar-refractivity contribution is 5.39. The lowest BCUT2D eigenvalue weighted by Crippen LogP contribution is -2.49. The molecule has 1 aromatic carbocycles. The molecule has 1 saturated heterocycles. The summed E-state index contributed by atoms with van der Waals surface area (Å²) in [5, 5.41) is 3.44. The van der Waals surface area contributed by atoms with Gasteiger partial charge in [0.05, 0.1) is 6.17 Å². The maximum absolute atomic E-state index is 3.44. The van der Waals surface area contributed by atoms with Gasteiger partial charge in [-0.15, -0.1) is 0 Å². The first-order chi connectivity index (χ1) is 9.00. The number of aryl methyl sites for hydroxylation is 3. The molecule has 3 nitrogen and oxygen atoms in total. The van der Waals surface area contributed by atoms with Gasteiger partial charge in [0, 0.05) is 26.2 Å². The van der Waals surface area contributed by atoms with Gasteiger partial charge in [0.1, 0.15) is 0 Å². The van der Waals surface area contributed by atoms with Crippen LogP contribution in [0.1, 0.15) is 28.4 Å². The Morgan fingerprint density at radius 3 is 2.05 bits per heavy atom. The summed E-state index contributed by atoms with van der Waals surface area (Å²) >= 11 is 0. The monoisotopic (exact) mass is 261 g/mol. The number of benzene rings is 1. The predicted octanol–water partition coefficient (Wildman–Crippen LogP) is 2.08. The average Bonchev–Trinajstić information content (AvgIpc) is 2.34. The van der Waals surface area contributed by atoms with Crippen molar-refractivity contribution < 1.29 is 0 Å². The topological polar surface area (TPSA) is 18.5 Å². The van der Waals surface area contributed by atoms with E-state index in [9.17, 15) is 0 Å². The van der Waals surface area contributed by atoms with E-state index in [1.54, 1.807) is 0 Å². The van der Waals surface area contributed by atoms with Crippen LogP contribution < -0.4 is 5.32 Å². The summed E-state index contributed by atoms with van der Waals surface area (Å²) in [5.74, 6) is 0. The lowest BCUT2D eigenvalue weighted by Gasteiger charge is -2.40. The highest BCUT2D eigenvalue weighted by Crippen LogP contribution is 2.29. The normalized spacial score (nSPS) is 18.8. The van der Waals surface area contributed by atoms with Crippen molar-refractivity contribution in [1.29, 1.82) is 0 Å². The lowest BCUT2D eigenvalue weighted by atomic mass is 9.96. The molecule has 0 spiro atoms. The van der Waals surface area contributed by atoms with Gasteiger partial charge < -0.3 is 5.32 Å². The Morgan fingerprint density at radius 1 is 1.05 bits per heavy atom. The standard InChI is InChI=1S/C16H27N3/c1-12-10-13(2)15(14(3)11-12)16(18(4)5)19-8-6-17-7-9-19/h10-11,16-17H,6-9H2,1-5H3. The number of nitrogens with zero attached hydrogens (tertiary/aromatic N) is 2. The van der Waals surface area contributed by atoms with E-state index < -0.39 is 0 Å². The van der Waals surface area contributed by atoms with Crippen molar-refractivity contribution in [2.24, 2.45) is 0 Å². The molecule has 19 heavy (non-hydrogen) atoms. The van der Waals surface area contributed by atoms with Crippen molar-refractivity contribution in [1.82, 2.24) is 15.1 Å². The number of piperazine rings is 1. The van der Waals surface area contributed by atoms with E-state index in [0.29, 0.717) is 6.17 Å². The molecule has 0 amide bonds. The minimum Gasteiger partial charge on any atom is -0.314 e. The molecule has 0 aromatic heterocycles. The SMILES string of the molecule is Cc1cc(C)c(C(N(C)C)N2CCNCC2)c(C)c1. The fraction of sp³-hybridized carbons (Fsp3) is 0.625. The van der Waals surface area contributed by atoms with Crippen LogP contribution in [0, 0.1) is 20.8 Å². The Labute approximate surface area is 117 Å². The molecule has 1 atom stereocenters. The van der Waals surface area contributed by atoms with Crippen LogP contribution in [0.3, 0.4) is 0 Å². The first kappa shape index (κ1) is 14.5. The maximum Gasteiger partial charge on any atom is 0.0887 e. The quantitative estimate of drug-likeness (QED) is 0.899. The van der Waals surface area contributed by atoms with Crippen LogP contribution >= 0.6 is 0 Å². The van der Waals surface area contributed by atoms with E-state index in [0.717, 1.165) is 26.2 Å². The third-order valence-corrected chi connectivity index (χ3v) is 3.98. The van der Waals surface area contributed by atoms with E-state index in [1.165, 1.54) is 22.3 Å². The predicted molar refractivity (Wildman–Crippen MR) is 81.5 cm³/mol. The molecule has 1 unspecified atom stereocenters. The second-order valence-corrected chi connectivity index (χ2v) is 5.94. The third kappa shape index (κ3) is 3.16. The second kappa shape index (κ2) is 6.04. The van der Waals surface area contributed by atoms with Gasteiger partial charge in [0.2, 0.25) is 0 Å². The van der Waals surface area contributed by atoms with Crippen molar-refractivity contribution in [2.75, 3.05) is 40.3 Å². The summed E-state index contributed by atoms with van der Waals surface area (Å²) < 4.78 is 0. The molecular formula is C16H27N3. The summed E-state index contributed by atoms with van der Waals surface area (Å²) in [7, 11) is 4.37. The Balaban J connectivity index is 2.38. The van der Waals surface area contributed by atoms with E-state index in [1.807, 2.05) is 0 Å². The first-order valence-electron chi connectivity index (χ1n) is 7.19. The molecule has 1 N–H and O–H groups in total. The summed E-state index contributed by atoms with van der Waals surface area (Å²) in [5.41, 5.74) is 5.67. The molecule has 1 aliphatic rings. The minimum absolute atomic E-state index is 0.391. The largest absolute Gasteiger partial charge is 0.314 e. The van der Waals surface area contributed by atoms with Crippen LogP contribution in [0.5, 0.6) is 0 Å². The number of hydrogen-bond donors (Lipinski definition) is 1. The summed E-state index contributed by atoms with van der Waals surface area (Å²) in [6, 6.07) is 4.61. The zero-order valence-electron chi connectivity index (χ0n) is 13.0. The van der Waals surface area contributed by atoms with Crippen molar-refractivity contribution >= 4 is 0 Å². The van der Waals surface area contributed by atoms with Gasteiger partial charge in [-0.1, -0.05) is 17.7 Å². The molecule has 0 aliphatic carbocycles. The number of hydrogen-bond acceptors (Lipinski definition) is 3. The van der Waals surface area contributed by atoms with Gasteiger partial charge in [-0.2, -0.15) is 0 Å². The molecule has 1 aromatic rings. The highest BCUT2D eigenvalue weighted by atomic mass is 15.3. The van der Waals surface area contributed by atoms with Crippen LogP contribution in [0.15, 0.2) is 12.1 Å². The van der Waals surface area contributed by atoms with Crippen molar-refractivity contribution in [3.05, 3.63) is 34.4 Å². The van der Waals surface area contributed by atoms with Gasteiger partial charge in [-0.3, -0.25) is 9.80 Å². The molecule has 3 heteroatoms. The van der Waals surface area contributed by atoms with Crippen LogP contribution in [-0.2, 0) is 0 Å². The molecule has 1 fully saturated rings. The van der Waals surface area contributed by atoms with Crippen molar-refractivity contribution in [3.63, 3.8) is 0 Å². The molecule has 0 radical (unpaired) electrons. The second-order valence-electron chi connectivity index (χ2n) is 5.94. The van der Waals surface area contributed by atoms with Crippen LogP contribution in [-0.4, -0.2) is 50.1 Å². The molecule has 0 bridgehead atoms. The Bertz CT molecular complexity index is 411. The van der Waals surface area contributed by atoms with Crippen molar-refractivity contribution in [2.45, 2.75) is 26.9 Å². The molecule has 1 aliphatic heterocycles. The summed E-state index contributed by atoms with van der Waals surface area (Å²) in [6.45, 7) is 11.1. The van der Waals surface area contributed by atoms with Crippen LogP contribution in [0.25, 0.3) is 0 Å². The Hall–Kier alpha value is -0.900. The van der Waals surface area contributed by atoms with Gasteiger partial charge >= 0.3 is 0 Å². The van der Waals surface area contributed by atoms with E-state index in [2.05, 4.69) is 62.1 Å². The van der Waals surface area contributed by atoms with Gasteiger partial charge in [-0.25, -0.2) is 0 Å². The number of nitrogens with one attached hydrogen (secondary N) is 1. The highest BCUT2D eigenvalue weighted by Gasteiger charge is 2.26. The van der Waals surface area contributed by atoms with Gasteiger partial charge in [0.25, 0.3) is 0 Å². The molecule has 2 rings (SSSR count). The van der Waals surface area contributed by atoms with E-state index in [4.69, 9.17) is 0 Å². The zero-order valence-corrected chi connectivity index (χ0v) is 13.0. The molecule has 0 saturated carbocycles. The van der Waals surface area contributed by atoms with E-state index in [-0.39, 0.29) is 0 Å². The molecular weight excluding hydrogens is 234 g/mol. The summed E-state index contributed by atoms with van der Waals surface area (Å²) in [4.78, 5) is 4.93. The average molecular weight is 261 g/mol. The number of rotatable bonds is 3. The fourth-order valence-corrected chi connectivity index (χ4v) is 3.29. The smallest absolute Gasteiger partial charge is 0.0887 e. The zero-order chi connectivity index (χ0) is 14.0. The first-order valence-corrected chi connectivity index (χ1v) is 7.19. The lowest BCUT2D eigenvalue weighted by molar-refractivity contribution is 0.0663. The van der Waals surface area contributed by atoms with Crippen LogP contribution in [0.2, 0.25) is 0 Å². The minimum atomic E-state index is 0.391. The van der Waals surface area contributed by atoms with Gasteiger partial charge in [0.15, 0.2) is 0 Å². The van der Waals surface area contributed by atoms with E-state index >= 15 is 0 Å². The van der Waals surface area contributed by atoms with Crippen LogP contribution in [0.4, 0.5) is 0 Å². The third-order valence-electron chi connectivity index (χ3n) is 3.98. The Morgan fingerprint density at radius 2 is 1.58 bits per heavy atom. The molecule has 1 heterocycles. The Kier molecular flexibility index (Phi) is 4.61.